The fraction of sp³-hybridized carbons (Fsp3) is 0.167. The minimum Gasteiger partial charge on any atom is -0.397 e. The standard InChI is InChI=1S/C12H16N6/c1-3-7(13)5-9(15)10(16)6-8(14)4(2)18-12(6)11(5)17-3/h17-18H,13-16H2,1-2H3. The van der Waals surface area contributed by atoms with Crippen LogP contribution in [0.4, 0.5) is 22.7 Å². The van der Waals surface area contributed by atoms with Crippen LogP contribution in [-0.4, -0.2) is 9.97 Å². The van der Waals surface area contributed by atoms with E-state index in [4.69, 9.17) is 22.9 Å². The van der Waals surface area contributed by atoms with Gasteiger partial charge in [0, 0.05) is 22.2 Å². The van der Waals surface area contributed by atoms with E-state index in [0.29, 0.717) is 22.7 Å². The Kier molecular flexibility index (Phi) is 1.80. The van der Waals surface area contributed by atoms with E-state index in [-0.39, 0.29) is 0 Å². The molecule has 0 aliphatic carbocycles. The van der Waals surface area contributed by atoms with Crippen molar-refractivity contribution in [1.29, 1.82) is 0 Å². The third-order valence-electron chi connectivity index (χ3n) is 3.55. The first-order chi connectivity index (χ1) is 8.43. The molecule has 94 valence electrons. The van der Waals surface area contributed by atoms with Crippen LogP contribution in [0.2, 0.25) is 0 Å². The number of aromatic nitrogens is 2. The van der Waals surface area contributed by atoms with Gasteiger partial charge in [-0.15, -0.1) is 0 Å². The van der Waals surface area contributed by atoms with Gasteiger partial charge in [0.1, 0.15) is 0 Å². The van der Waals surface area contributed by atoms with Crippen molar-refractivity contribution in [2.75, 3.05) is 22.9 Å². The average molecular weight is 244 g/mol. The maximum absolute atomic E-state index is 6.08. The summed E-state index contributed by atoms with van der Waals surface area (Å²) in [6.07, 6.45) is 0. The summed E-state index contributed by atoms with van der Waals surface area (Å²) in [5, 5.41) is 1.53. The van der Waals surface area contributed by atoms with Crippen molar-refractivity contribution in [2.24, 2.45) is 0 Å². The van der Waals surface area contributed by atoms with Gasteiger partial charge in [-0.05, 0) is 13.8 Å². The Morgan fingerprint density at radius 1 is 0.611 bits per heavy atom. The molecule has 0 aliphatic heterocycles. The smallest absolute Gasteiger partial charge is 0.0746 e. The molecule has 3 rings (SSSR count). The molecule has 1 aromatic carbocycles. The van der Waals surface area contributed by atoms with Crippen LogP contribution >= 0.6 is 0 Å². The van der Waals surface area contributed by atoms with Crippen LogP contribution in [0.3, 0.4) is 0 Å². The number of hydrogen-bond donors (Lipinski definition) is 6. The lowest BCUT2D eigenvalue weighted by Gasteiger charge is -2.06. The molecule has 18 heavy (non-hydrogen) atoms. The highest BCUT2D eigenvalue weighted by Gasteiger charge is 2.19. The van der Waals surface area contributed by atoms with Crippen LogP contribution in [0.5, 0.6) is 0 Å². The van der Waals surface area contributed by atoms with Crippen molar-refractivity contribution in [3.8, 4) is 0 Å². The predicted octanol–water partition coefficient (Wildman–Crippen LogP) is 1.59. The largest absolute Gasteiger partial charge is 0.397 e. The second-order valence-electron chi connectivity index (χ2n) is 4.65. The molecule has 0 amide bonds. The van der Waals surface area contributed by atoms with Gasteiger partial charge in [0.25, 0.3) is 0 Å². The zero-order valence-corrected chi connectivity index (χ0v) is 10.3. The Bertz CT molecular complexity index is 725. The minimum absolute atomic E-state index is 0.477. The molecular weight excluding hydrogens is 228 g/mol. The number of anilines is 4. The van der Waals surface area contributed by atoms with E-state index >= 15 is 0 Å². The lowest BCUT2D eigenvalue weighted by atomic mass is 10.1. The molecule has 0 aliphatic rings. The van der Waals surface area contributed by atoms with Crippen LogP contribution in [0, 0.1) is 13.8 Å². The Morgan fingerprint density at radius 2 is 0.944 bits per heavy atom. The number of hydrogen-bond acceptors (Lipinski definition) is 4. The number of H-pyrrole nitrogens is 2. The highest BCUT2D eigenvalue weighted by molar-refractivity contribution is 6.23. The average Bonchev–Trinajstić information content (AvgIpc) is 2.77. The van der Waals surface area contributed by atoms with Crippen LogP contribution in [0.1, 0.15) is 11.4 Å². The molecule has 0 fully saturated rings. The molecule has 0 radical (unpaired) electrons. The predicted molar refractivity (Wildman–Crippen MR) is 77.3 cm³/mol. The van der Waals surface area contributed by atoms with E-state index in [1.165, 1.54) is 0 Å². The van der Waals surface area contributed by atoms with E-state index in [9.17, 15) is 0 Å². The summed E-state index contributed by atoms with van der Waals surface area (Å²) in [5.41, 5.74) is 29.9. The first-order valence-corrected chi connectivity index (χ1v) is 5.65. The van der Waals surface area contributed by atoms with E-state index < -0.39 is 0 Å². The summed E-state index contributed by atoms with van der Waals surface area (Å²) in [4.78, 5) is 6.46. The van der Waals surface area contributed by atoms with Gasteiger partial charge in [0.05, 0.1) is 33.8 Å². The SMILES string of the molecule is Cc1[nH]c2c(c1N)c(N)c(N)c1c(N)c(C)[nH]c12. The summed E-state index contributed by atoms with van der Waals surface area (Å²) < 4.78 is 0. The van der Waals surface area contributed by atoms with E-state index in [1.807, 2.05) is 13.8 Å². The molecule has 0 saturated carbocycles. The van der Waals surface area contributed by atoms with Gasteiger partial charge < -0.3 is 32.9 Å². The summed E-state index contributed by atoms with van der Waals surface area (Å²) in [6.45, 7) is 3.80. The second kappa shape index (κ2) is 3.04. The van der Waals surface area contributed by atoms with Crippen molar-refractivity contribution in [1.82, 2.24) is 9.97 Å². The number of aromatic amines is 2. The Labute approximate surface area is 103 Å². The quantitative estimate of drug-likeness (QED) is 0.264. The molecule has 0 bridgehead atoms. The highest BCUT2D eigenvalue weighted by atomic mass is 14.9. The molecule has 3 aromatic rings. The monoisotopic (exact) mass is 244 g/mol. The zero-order valence-electron chi connectivity index (χ0n) is 10.3. The van der Waals surface area contributed by atoms with Gasteiger partial charge in [-0.3, -0.25) is 0 Å². The number of nitrogens with two attached hydrogens (primary N) is 4. The van der Waals surface area contributed by atoms with Gasteiger partial charge in [0.2, 0.25) is 0 Å². The molecule has 2 aromatic heterocycles. The van der Waals surface area contributed by atoms with Crippen molar-refractivity contribution in [2.45, 2.75) is 13.8 Å². The third-order valence-corrected chi connectivity index (χ3v) is 3.55. The summed E-state index contributed by atoms with van der Waals surface area (Å²) in [7, 11) is 0. The molecule has 0 atom stereocenters. The van der Waals surface area contributed by atoms with E-state index in [0.717, 1.165) is 33.2 Å². The number of aryl methyl sites for hydroxylation is 2. The fourth-order valence-corrected chi connectivity index (χ4v) is 2.48. The molecular formula is C12H16N6. The maximum atomic E-state index is 6.08. The molecule has 0 saturated heterocycles. The van der Waals surface area contributed by atoms with Gasteiger partial charge in [-0.25, -0.2) is 0 Å². The Morgan fingerprint density at radius 3 is 1.28 bits per heavy atom. The zero-order chi connectivity index (χ0) is 13.2. The number of benzene rings is 1. The van der Waals surface area contributed by atoms with Crippen molar-refractivity contribution >= 4 is 44.6 Å². The lowest BCUT2D eigenvalue weighted by Crippen LogP contribution is -1.98. The lowest BCUT2D eigenvalue weighted by molar-refractivity contribution is 1.28. The van der Waals surface area contributed by atoms with Crippen LogP contribution in [0.25, 0.3) is 21.8 Å². The molecule has 0 unspecified atom stereocenters. The molecule has 6 nitrogen and oxygen atoms in total. The van der Waals surface area contributed by atoms with Crippen LogP contribution in [-0.2, 0) is 0 Å². The highest BCUT2D eigenvalue weighted by Crippen LogP contribution is 2.43. The van der Waals surface area contributed by atoms with Crippen molar-refractivity contribution in [3.63, 3.8) is 0 Å². The summed E-state index contributed by atoms with van der Waals surface area (Å²) >= 11 is 0. The third kappa shape index (κ3) is 1.02. The van der Waals surface area contributed by atoms with Crippen molar-refractivity contribution in [3.05, 3.63) is 11.4 Å². The summed E-state index contributed by atoms with van der Waals surface area (Å²) in [5.74, 6) is 0. The normalized spacial score (nSPS) is 11.7. The van der Waals surface area contributed by atoms with E-state index in [1.54, 1.807) is 0 Å². The number of nitrogen functional groups attached to an aromatic ring is 4. The van der Waals surface area contributed by atoms with Crippen LogP contribution < -0.4 is 22.9 Å². The van der Waals surface area contributed by atoms with Gasteiger partial charge in [-0.1, -0.05) is 0 Å². The van der Waals surface area contributed by atoms with Crippen LogP contribution in [0.15, 0.2) is 0 Å². The van der Waals surface area contributed by atoms with Gasteiger partial charge in [0.15, 0.2) is 0 Å². The topological polar surface area (TPSA) is 136 Å². The minimum atomic E-state index is 0.477. The number of fused-ring (bicyclic) bond motifs is 3. The Balaban J connectivity index is 2.71. The van der Waals surface area contributed by atoms with Crippen molar-refractivity contribution < 1.29 is 0 Å². The molecule has 2 heterocycles. The first-order valence-electron chi connectivity index (χ1n) is 5.65. The fourth-order valence-electron chi connectivity index (χ4n) is 2.48. The first kappa shape index (κ1) is 10.6. The molecule has 6 heteroatoms. The molecule has 10 N–H and O–H groups in total. The van der Waals surface area contributed by atoms with Gasteiger partial charge in [-0.2, -0.15) is 0 Å². The van der Waals surface area contributed by atoms with Gasteiger partial charge >= 0.3 is 0 Å². The number of rotatable bonds is 0. The van der Waals surface area contributed by atoms with E-state index in [2.05, 4.69) is 9.97 Å². The Hall–Kier alpha value is -2.50. The maximum Gasteiger partial charge on any atom is 0.0746 e. The summed E-state index contributed by atoms with van der Waals surface area (Å²) in [6, 6.07) is 0. The number of nitrogens with one attached hydrogen (secondary N) is 2. The second-order valence-corrected chi connectivity index (χ2v) is 4.65. The molecule has 0 spiro atoms.